The van der Waals surface area contributed by atoms with Crippen molar-refractivity contribution in [1.82, 2.24) is 10.6 Å². The van der Waals surface area contributed by atoms with E-state index in [-0.39, 0.29) is 24.0 Å². The second-order valence-corrected chi connectivity index (χ2v) is 7.38. The molecule has 0 aliphatic carbocycles. The molecule has 150 valence electrons. The van der Waals surface area contributed by atoms with Gasteiger partial charge in [-0.2, -0.15) is 0 Å². The van der Waals surface area contributed by atoms with Crippen LogP contribution in [-0.4, -0.2) is 31.8 Å². The van der Waals surface area contributed by atoms with Crippen LogP contribution in [0.5, 0.6) is 0 Å². The van der Waals surface area contributed by atoms with Crippen molar-refractivity contribution >= 4 is 51.4 Å². The molecule has 0 saturated carbocycles. The molecule has 5 nitrogen and oxygen atoms in total. The summed E-state index contributed by atoms with van der Waals surface area (Å²) in [5, 5.41) is 18.1. The topological polar surface area (TPSA) is 65.9 Å². The summed E-state index contributed by atoms with van der Waals surface area (Å²) in [5.41, 5.74) is 2.29. The molecule has 1 aromatic heterocycles. The standard InChI is InChI=1S/C21H25N3O2S.HI/c1-22-21(23-12-15-6-5-7-16(10-15)14-26-2)24-13-18(25)20-11-17-8-3-4-9-19(17)27-20;/h3-11,18,25H,12-14H2,1-2H3,(H2,22,23,24);1H. The van der Waals surface area contributed by atoms with E-state index in [4.69, 9.17) is 4.74 Å². The molecule has 2 aromatic carbocycles. The molecule has 3 aromatic rings. The molecule has 1 heterocycles. The number of aliphatic hydroxyl groups is 1. The largest absolute Gasteiger partial charge is 0.386 e. The van der Waals surface area contributed by atoms with Gasteiger partial charge in [0.15, 0.2) is 5.96 Å². The highest BCUT2D eigenvalue weighted by molar-refractivity contribution is 14.0. The lowest BCUT2D eigenvalue weighted by atomic mass is 10.1. The van der Waals surface area contributed by atoms with Crippen LogP contribution in [0, 0.1) is 0 Å². The fraction of sp³-hybridized carbons (Fsp3) is 0.286. The van der Waals surface area contributed by atoms with E-state index in [1.54, 1.807) is 25.5 Å². The maximum atomic E-state index is 10.5. The molecule has 0 saturated heterocycles. The summed E-state index contributed by atoms with van der Waals surface area (Å²) in [4.78, 5) is 5.18. The zero-order valence-electron chi connectivity index (χ0n) is 16.0. The number of nitrogens with one attached hydrogen (secondary N) is 2. The number of methoxy groups -OCH3 is 1. The molecule has 0 aliphatic rings. The van der Waals surface area contributed by atoms with E-state index in [2.05, 4.69) is 39.9 Å². The fourth-order valence-electron chi connectivity index (χ4n) is 2.86. The lowest BCUT2D eigenvalue weighted by molar-refractivity contribution is 0.184. The number of benzene rings is 2. The Labute approximate surface area is 186 Å². The molecule has 28 heavy (non-hydrogen) atoms. The average Bonchev–Trinajstić information content (AvgIpc) is 3.13. The quantitative estimate of drug-likeness (QED) is 0.254. The van der Waals surface area contributed by atoms with Crippen LogP contribution in [0.15, 0.2) is 59.6 Å². The number of rotatable bonds is 7. The number of halogens is 1. The Morgan fingerprint density at radius 1 is 1.11 bits per heavy atom. The summed E-state index contributed by atoms with van der Waals surface area (Å²) in [7, 11) is 3.42. The molecule has 1 unspecified atom stereocenters. The van der Waals surface area contributed by atoms with Crippen molar-refractivity contribution in [3.05, 3.63) is 70.6 Å². The SMILES string of the molecule is CN=C(NCc1cccc(COC)c1)NCC(O)c1cc2ccccc2s1.I. The number of nitrogens with zero attached hydrogens (tertiary/aromatic N) is 1. The Balaban J connectivity index is 0.00000280. The molecule has 3 rings (SSSR count). The third-order valence-corrected chi connectivity index (χ3v) is 5.44. The first kappa shape index (κ1) is 22.6. The van der Waals surface area contributed by atoms with Crippen LogP contribution in [0.25, 0.3) is 10.1 Å². The van der Waals surface area contributed by atoms with Crippen molar-refractivity contribution in [2.24, 2.45) is 4.99 Å². The zero-order chi connectivity index (χ0) is 19.1. The maximum absolute atomic E-state index is 10.5. The van der Waals surface area contributed by atoms with Crippen molar-refractivity contribution in [1.29, 1.82) is 0 Å². The van der Waals surface area contributed by atoms with Gasteiger partial charge < -0.3 is 20.5 Å². The van der Waals surface area contributed by atoms with Crippen molar-refractivity contribution in [2.45, 2.75) is 19.3 Å². The highest BCUT2D eigenvalue weighted by Crippen LogP contribution is 2.29. The van der Waals surface area contributed by atoms with Gasteiger partial charge in [0.05, 0.1) is 6.61 Å². The van der Waals surface area contributed by atoms with Gasteiger partial charge in [-0.05, 0) is 28.6 Å². The van der Waals surface area contributed by atoms with Crippen LogP contribution >= 0.6 is 35.3 Å². The third-order valence-electron chi connectivity index (χ3n) is 4.22. The van der Waals surface area contributed by atoms with Gasteiger partial charge in [-0.15, -0.1) is 35.3 Å². The second kappa shape index (κ2) is 11.4. The summed E-state index contributed by atoms with van der Waals surface area (Å²) in [6.45, 7) is 1.65. The Kier molecular flexibility index (Phi) is 9.17. The van der Waals surface area contributed by atoms with E-state index in [0.717, 1.165) is 21.4 Å². The molecular formula is C21H26IN3O2S. The first-order valence-corrected chi connectivity index (χ1v) is 9.69. The van der Waals surface area contributed by atoms with Gasteiger partial charge in [0, 0.05) is 36.8 Å². The van der Waals surface area contributed by atoms with Gasteiger partial charge in [0.2, 0.25) is 0 Å². The Hall–Kier alpha value is -1.68. The number of ether oxygens (including phenoxy) is 1. The lowest BCUT2D eigenvalue weighted by Crippen LogP contribution is -2.38. The smallest absolute Gasteiger partial charge is 0.191 e. The lowest BCUT2D eigenvalue weighted by Gasteiger charge is -2.15. The first-order chi connectivity index (χ1) is 13.2. The number of fused-ring (bicyclic) bond motifs is 1. The van der Waals surface area contributed by atoms with Crippen LogP contribution in [-0.2, 0) is 17.9 Å². The minimum Gasteiger partial charge on any atom is -0.386 e. The molecule has 0 radical (unpaired) electrons. The Bertz CT molecular complexity index is 880. The number of hydrogen-bond acceptors (Lipinski definition) is 4. The van der Waals surface area contributed by atoms with Crippen molar-refractivity contribution in [3.63, 3.8) is 0 Å². The van der Waals surface area contributed by atoms with Gasteiger partial charge in [0.25, 0.3) is 0 Å². The monoisotopic (exact) mass is 511 g/mol. The molecule has 0 aliphatic heterocycles. The highest BCUT2D eigenvalue weighted by Gasteiger charge is 2.12. The highest BCUT2D eigenvalue weighted by atomic mass is 127. The molecular weight excluding hydrogens is 485 g/mol. The first-order valence-electron chi connectivity index (χ1n) is 8.87. The van der Waals surface area contributed by atoms with Crippen LogP contribution in [0.4, 0.5) is 0 Å². The van der Waals surface area contributed by atoms with Crippen LogP contribution in [0.1, 0.15) is 22.1 Å². The van der Waals surface area contributed by atoms with Crippen molar-refractivity contribution in [3.8, 4) is 0 Å². The van der Waals surface area contributed by atoms with E-state index >= 15 is 0 Å². The fourth-order valence-corrected chi connectivity index (χ4v) is 3.91. The Morgan fingerprint density at radius 2 is 1.89 bits per heavy atom. The molecule has 3 N–H and O–H groups in total. The van der Waals surface area contributed by atoms with Gasteiger partial charge in [-0.1, -0.05) is 42.5 Å². The van der Waals surface area contributed by atoms with Gasteiger partial charge in [-0.3, -0.25) is 4.99 Å². The summed E-state index contributed by atoms with van der Waals surface area (Å²) in [5.74, 6) is 0.660. The summed E-state index contributed by atoms with van der Waals surface area (Å²) in [6.07, 6.45) is -0.578. The van der Waals surface area contributed by atoms with E-state index in [1.807, 2.05) is 30.3 Å². The predicted molar refractivity (Wildman–Crippen MR) is 128 cm³/mol. The zero-order valence-corrected chi connectivity index (χ0v) is 19.2. The molecule has 0 bridgehead atoms. The number of hydrogen-bond donors (Lipinski definition) is 3. The molecule has 0 fully saturated rings. The number of guanidine groups is 1. The predicted octanol–water partition coefficient (Wildman–Crippen LogP) is 4.06. The molecule has 1 atom stereocenters. The van der Waals surface area contributed by atoms with Gasteiger partial charge in [0.1, 0.15) is 6.10 Å². The molecule has 0 amide bonds. The van der Waals surface area contributed by atoms with Crippen LogP contribution < -0.4 is 10.6 Å². The summed E-state index contributed by atoms with van der Waals surface area (Å²) >= 11 is 1.62. The maximum Gasteiger partial charge on any atom is 0.191 e. The third kappa shape index (κ3) is 6.16. The second-order valence-electron chi connectivity index (χ2n) is 6.26. The average molecular weight is 511 g/mol. The van der Waals surface area contributed by atoms with Gasteiger partial charge >= 0.3 is 0 Å². The summed E-state index contributed by atoms with van der Waals surface area (Å²) < 4.78 is 6.36. The van der Waals surface area contributed by atoms with Crippen molar-refractivity contribution in [2.75, 3.05) is 20.7 Å². The van der Waals surface area contributed by atoms with E-state index < -0.39 is 6.10 Å². The van der Waals surface area contributed by atoms with E-state index in [1.165, 1.54) is 4.70 Å². The van der Waals surface area contributed by atoms with Crippen LogP contribution in [0.3, 0.4) is 0 Å². The minimum atomic E-state index is -0.578. The van der Waals surface area contributed by atoms with Gasteiger partial charge in [-0.25, -0.2) is 0 Å². The number of aliphatic imine (C=N–C) groups is 1. The molecule has 7 heteroatoms. The molecule has 0 spiro atoms. The van der Waals surface area contributed by atoms with E-state index in [0.29, 0.717) is 25.7 Å². The number of thiophene rings is 1. The Morgan fingerprint density at radius 3 is 2.64 bits per heavy atom. The van der Waals surface area contributed by atoms with Crippen molar-refractivity contribution < 1.29 is 9.84 Å². The number of aliphatic hydroxyl groups excluding tert-OH is 1. The van der Waals surface area contributed by atoms with E-state index in [9.17, 15) is 5.11 Å². The normalized spacial score (nSPS) is 12.5. The summed E-state index contributed by atoms with van der Waals surface area (Å²) in [6, 6.07) is 18.4. The van der Waals surface area contributed by atoms with Crippen LogP contribution in [0.2, 0.25) is 0 Å². The minimum absolute atomic E-state index is 0.